The number of amides is 1. The average Bonchev–Trinajstić information content (AvgIpc) is 2.53. The summed E-state index contributed by atoms with van der Waals surface area (Å²) in [5.41, 5.74) is 1.77. The molecule has 4 heteroatoms. The normalized spacial score (nSPS) is 20.8. The summed E-state index contributed by atoms with van der Waals surface area (Å²) in [4.78, 5) is 18.8. The Bertz CT molecular complexity index is 444. The van der Waals surface area contributed by atoms with Crippen molar-refractivity contribution in [3.05, 3.63) is 29.6 Å². The molecule has 1 aromatic rings. The SMILES string of the molecule is CCC(C)c1ccc(C(=O)N2CCCC(NC)C2)cn1. The van der Waals surface area contributed by atoms with E-state index < -0.39 is 0 Å². The van der Waals surface area contributed by atoms with Crippen molar-refractivity contribution in [2.45, 2.75) is 45.1 Å². The maximum Gasteiger partial charge on any atom is 0.255 e. The van der Waals surface area contributed by atoms with Crippen LogP contribution in [0.1, 0.15) is 55.1 Å². The second-order valence-corrected chi connectivity index (χ2v) is 5.66. The standard InChI is InChI=1S/C16H25N3O/c1-4-12(2)15-8-7-13(10-18-15)16(20)19-9-5-6-14(11-19)17-3/h7-8,10,12,14,17H,4-6,9,11H2,1-3H3. The highest BCUT2D eigenvalue weighted by molar-refractivity contribution is 5.94. The Morgan fingerprint density at radius 1 is 1.55 bits per heavy atom. The van der Waals surface area contributed by atoms with Crippen LogP contribution in [0.2, 0.25) is 0 Å². The lowest BCUT2D eigenvalue weighted by Gasteiger charge is -2.32. The molecule has 4 nitrogen and oxygen atoms in total. The number of aromatic nitrogens is 1. The molecule has 1 N–H and O–H groups in total. The van der Waals surface area contributed by atoms with E-state index in [9.17, 15) is 4.79 Å². The lowest BCUT2D eigenvalue weighted by Crippen LogP contribution is -2.46. The minimum Gasteiger partial charge on any atom is -0.337 e. The maximum atomic E-state index is 12.5. The van der Waals surface area contributed by atoms with E-state index in [4.69, 9.17) is 0 Å². The van der Waals surface area contributed by atoms with Gasteiger partial charge in [-0.2, -0.15) is 0 Å². The first-order chi connectivity index (χ1) is 9.65. The van der Waals surface area contributed by atoms with Gasteiger partial charge in [-0.15, -0.1) is 0 Å². The van der Waals surface area contributed by atoms with Crippen LogP contribution in [0.3, 0.4) is 0 Å². The van der Waals surface area contributed by atoms with Crippen molar-refractivity contribution in [3.8, 4) is 0 Å². The number of likely N-dealkylation sites (tertiary alicyclic amines) is 1. The smallest absolute Gasteiger partial charge is 0.255 e. The number of carbonyl (C=O) groups is 1. The number of hydrogen-bond acceptors (Lipinski definition) is 3. The molecule has 2 heterocycles. The van der Waals surface area contributed by atoms with Crippen LogP contribution in [0, 0.1) is 0 Å². The zero-order valence-electron chi connectivity index (χ0n) is 12.7. The predicted molar refractivity (Wildman–Crippen MR) is 80.9 cm³/mol. The van der Waals surface area contributed by atoms with Crippen LogP contribution in [0.25, 0.3) is 0 Å². The van der Waals surface area contributed by atoms with Crippen LogP contribution in [0.5, 0.6) is 0 Å². The van der Waals surface area contributed by atoms with E-state index in [1.54, 1.807) is 6.20 Å². The number of piperidine rings is 1. The van der Waals surface area contributed by atoms with E-state index in [1.165, 1.54) is 0 Å². The summed E-state index contributed by atoms with van der Waals surface area (Å²) in [7, 11) is 1.96. The zero-order chi connectivity index (χ0) is 14.5. The third-order valence-electron chi connectivity index (χ3n) is 4.27. The van der Waals surface area contributed by atoms with Gasteiger partial charge in [-0.25, -0.2) is 0 Å². The largest absolute Gasteiger partial charge is 0.337 e. The van der Waals surface area contributed by atoms with Crippen molar-refractivity contribution in [1.82, 2.24) is 15.2 Å². The monoisotopic (exact) mass is 275 g/mol. The molecule has 0 aliphatic carbocycles. The average molecular weight is 275 g/mol. The summed E-state index contributed by atoms with van der Waals surface area (Å²) in [6, 6.07) is 4.32. The van der Waals surface area contributed by atoms with Gasteiger partial charge in [-0.1, -0.05) is 13.8 Å². The minimum atomic E-state index is 0.105. The molecule has 0 spiro atoms. The lowest BCUT2D eigenvalue weighted by molar-refractivity contribution is 0.0697. The van der Waals surface area contributed by atoms with Gasteiger partial charge in [-0.3, -0.25) is 9.78 Å². The van der Waals surface area contributed by atoms with Gasteiger partial charge in [0, 0.05) is 31.0 Å². The summed E-state index contributed by atoms with van der Waals surface area (Å²) >= 11 is 0. The fourth-order valence-corrected chi connectivity index (χ4v) is 2.61. The lowest BCUT2D eigenvalue weighted by atomic mass is 10.0. The number of rotatable bonds is 4. The fourth-order valence-electron chi connectivity index (χ4n) is 2.61. The summed E-state index contributed by atoms with van der Waals surface area (Å²) in [6.07, 6.45) is 5.00. The Labute approximate surface area is 121 Å². The van der Waals surface area contributed by atoms with Crippen LogP contribution >= 0.6 is 0 Å². The quantitative estimate of drug-likeness (QED) is 0.918. The molecular formula is C16H25N3O. The van der Waals surface area contributed by atoms with Crippen LogP contribution < -0.4 is 5.32 Å². The highest BCUT2D eigenvalue weighted by Gasteiger charge is 2.23. The van der Waals surface area contributed by atoms with Gasteiger partial charge in [-0.05, 0) is 44.4 Å². The molecule has 0 bridgehead atoms. The Balaban J connectivity index is 2.05. The minimum absolute atomic E-state index is 0.105. The molecule has 1 aromatic heterocycles. The molecule has 20 heavy (non-hydrogen) atoms. The van der Waals surface area contributed by atoms with Gasteiger partial charge in [0.2, 0.25) is 0 Å². The number of likely N-dealkylation sites (N-methyl/N-ethyl adjacent to an activating group) is 1. The van der Waals surface area contributed by atoms with Gasteiger partial charge < -0.3 is 10.2 Å². The molecular weight excluding hydrogens is 250 g/mol. The third-order valence-corrected chi connectivity index (χ3v) is 4.27. The highest BCUT2D eigenvalue weighted by Crippen LogP contribution is 2.18. The molecule has 1 saturated heterocycles. The van der Waals surface area contributed by atoms with E-state index in [1.807, 2.05) is 24.1 Å². The van der Waals surface area contributed by atoms with Crippen LogP contribution in [0.15, 0.2) is 18.3 Å². The van der Waals surface area contributed by atoms with E-state index in [-0.39, 0.29) is 5.91 Å². The fraction of sp³-hybridized carbons (Fsp3) is 0.625. The van der Waals surface area contributed by atoms with Gasteiger partial charge >= 0.3 is 0 Å². The molecule has 2 unspecified atom stereocenters. The van der Waals surface area contributed by atoms with Crippen molar-refractivity contribution >= 4 is 5.91 Å². The summed E-state index contributed by atoms with van der Waals surface area (Å²) in [5.74, 6) is 0.552. The van der Waals surface area contributed by atoms with Crippen molar-refractivity contribution in [1.29, 1.82) is 0 Å². The highest BCUT2D eigenvalue weighted by atomic mass is 16.2. The van der Waals surface area contributed by atoms with Gasteiger partial charge in [0.25, 0.3) is 5.91 Å². The van der Waals surface area contributed by atoms with Crippen molar-refractivity contribution < 1.29 is 4.79 Å². The molecule has 1 amide bonds. The molecule has 0 saturated carbocycles. The molecule has 1 aliphatic heterocycles. The number of pyridine rings is 1. The maximum absolute atomic E-state index is 12.5. The predicted octanol–water partition coefficient (Wildman–Crippen LogP) is 2.42. The third kappa shape index (κ3) is 3.37. The number of hydrogen-bond donors (Lipinski definition) is 1. The summed E-state index contributed by atoms with van der Waals surface area (Å²) in [6.45, 7) is 5.95. The van der Waals surface area contributed by atoms with Gasteiger partial charge in [0.05, 0.1) is 5.56 Å². The second kappa shape index (κ2) is 6.84. The second-order valence-electron chi connectivity index (χ2n) is 5.66. The molecule has 110 valence electrons. The molecule has 2 atom stereocenters. The summed E-state index contributed by atoms with van der Waals surface area (Å²) in [5, 5.41) is 3.26. The summed E-state index contributed by atoms with van der Waals surface area (Å²) < 4.78 is 0. The van der Waals surface area contributed by atoms with E-state index in [0.29, 0.717) is 17.5 Å². The van der Waals surface area contributed by atoms with Crippen molar-refractivity contribution in [3.63, 3.8) is 0 Å². The van der Waals surface area contributed by atoms with Crippen LogP contribution in [-0.4, -0.2) is 42.0 Å². The number of nitrogens with zero attached hydrogens (tertiary/aromatic N) is 2. The Morgan fingerprint density at radius 3 is 2.95 bits per heavy atom. The number of nitrogens with one attached hydrogen (secondary N) is 1. The van der Waals surface area contributed by atoms with E-state index in [0.717, 1.165) is 38.0 Å². The van der Waals surface area contributed by atoms with Crippen LogP contribution in [0.4, 0.5) is 0 Å². The zero-order valence-corrected chi connectivity index (χ0v) is 12.7. The Morgan fingerprint density at radius 2 is 2.35 bits per heavy atom. The molecule has 0 radical (unpaired) electrons. The topological polar surface area (TPSA) is 45.2 Å². The molecule has 1 fully saturated rings. The van der Waals surface area contributed by atoms with Crippen molar-refractivity contribution in [2.75, 3.05) is 20.1 Å². The van der Waals surface area contributed by atoms with Gasteiger partial charge in [0.1, 0.15) is 0 Å². The molecule has 0 aromatic carbocycles. The molecule has 2 rings (SSSR count). The number of carbonyl (C=O) groups excluding carboxylic acids is 1. The Hall–Kier alpha value is -1.42. The first-order valence-corrected chi connectivity index (χ1v) is 7.58. The van der Waals surface area contributed by atoms with Gasteiger partial charge in [0.15, 0.2) is 0 Å². The van der Waals surface area contributed by atoms with E-state index in [2.05, 4.69) is 24.1 Å². The van der Waals surface area contributed by atoms with Crippen molar-refractivity contribution in [2.24, 2.45) is 0 Å². The first kappa shape index (κ1) is 15.0. The molecule has 1 aliphatic rings. The van der Waals surface area contributed by atoms with Crippen LogP contribution in [-0.2, 0) is 0 Å². The first-order valence-electron chi connectivity index (χ1n) is 7.58. The Kier molecular flexibility index (Phi) is 5.12. The van der Waals surface area contributed by atoms with E-state index >= 15 is 0 Å².